The van der Waals surface area contributed by atoms with Gasteiger partial charge in [0.15, 0.2) is 5.58 Å². The summed E-state index contributed by atoms with van der Waals surface area (Å²) in [7, 11) is 3.53. The maximum Gasteiger partial charge on any atom is 0.419 e. The number of benzene rings is 1. The first kappa shape index (κ1) is 11.7. The summed E-state index contributed by atoms with van der Waals surface area (Å²) in [4.78, 5) is 11.5. The van der Waals surface area contributed by atoms with Crippen molar-refractivity contribution in [1.82, 2.24) is 14.3 Å². The van der Waals surface area contributed by atoms with E-state index in [1.807, 2.05) is 31.4 Å². The zero-order valence-corrected chi connectivity index (χ0v) is 10.8. The molecule has 3 rings (SSSR count). The van der Waals surface area contributed by atoms with Gasteiger partial charge in [0.05, 0.1) is 11.2 Å². The smallest absolute Gasteiger partial charge is 0.408 e. The Hall–Kier alpha value is -2.34. The monoisotopic (exact) mass is 258 g/mol. The Labute approximate surface area is 109 Å². The van der Waals surface area contributed by atoms with Crippen LogP contribution >= 0.6 is 0 Å². The normalized spacial score (nSPS) is 11.3. The molecule has 0 atom stereocenters. The van der Waals surface area contributed by atoms with E-state index in [2.05, 4.69) is 5.10 Å². The molecule has 19 heavy (non-hydrogen) atoms. The van der Waals surface area contributed by atoms with Crippen molar-refractivity contribution in [2.45, 2.75) is 6.54 Å². The van der Waals surface area contributed by atoms with E-state index in [9.17, 15) is 4.79 Å². The van der Waals surface area contributed by atoms with Gasteiger partial charge in [-0.05, 0) is 12.1 Å². The Morgan fingerprint density at radius 2 is 2.16 bits per heavy atom. The first-order valence-electron chi connectivity index (χ1n) is 5.92. The number of aryl methyl sites for hydroxylation is 2. The van der Waals surface area contributed by atoms with Gasteiger partial charge in [-0.15, -0.1) is 0 Å². The van der Waals surface area contributed by atoms with Crippen molar-refractivity contribution in [1.29, 1.82) is 0 Å². The van der Waals surface area contributed by atoms with Crippen molar-refractivity contribution < 1.29 is 4.42 Å². The maximum absolute atomic E-state index is 11.5. The molecule has 6 nitrogen and oxygen atoms in total. The van der Waals surface area contributed by atoms with E-state index in [0.29, 0.717) is 12.1 Å². The third kappa shape index (κ3) is 1.77. The summed E-state index contributed by atoms with van der Waals surface area (Å²) in [5.74, 6) is -0.368. The average molecular weight is 258 g/mol. The molecule has 98 valence electrons. The first-order chi connectivity index (χ1) is 9.10. The van der Waals surface area contributed by atoms with Gasteiger partial charge in [-0.25, -0.2) is 4.79 Å². The van der Waals surface area contributed by atoms with Crippen molar-refractivity contribution in [3.05, 3.63) is 40.5 Å². The van der Waals surface area contributed by atoms with Crippen LogP contribution in [0.1, 0.15) is 5.56 Å². The summed E-state index contributed by atoms with van der Waals surface area (Å²) in [6.45, 7) is 0.417. The third-order valence-electron chi connectivity index (χ3n) is 3.19. The van der Waals surface area contributed by atoms with Crippen LogP contribution in [0.3, 0.4) is 0 Å². The van der Waals surface area contributed by atoms with Crippen molar-refractivity contribution >= 4 is 11.1 Å². The number of rotatable bonds is 2. The number of nitrogens with zero attached hydrogens (tertiary/aromatic N) is 3. The molecule has 0 radical (unpaired) electrons. The molecule has 2 aromatic heterocycles. The van der Waals surface area contributed by atoms with E-state index in [1.54, 1.807) is 11.7 Å². The highest BCUT2D eigenvalue weighted by Crippen LogP contribution is 2.25. The lowest BCUT2D eigenvalue weighted by Gasteiger charge is -2.00. The van der Waals surface area contributed by atoms with Crippen LogP contribution in [0.5, 0.6) is 0 Å². The van der Waals surface area contributed by atoms with Gasteiger partial charge in [0.1, 0.15) is 0 Å². The molecular formula is C13H14N4O2. The van der Waals surface area contributed by atoms with Gasteiger partial charge in [-0.1, -0.05) is 6.07 Å². The number of oxazole rings is 1. The largest absolute Gasteiger partial charge is 0.419 e. The van der Waals surface area contributed by atoms with Crippen LogP contribution in [0.25, 0.3) is 22.4 Å². The standard InChI is InChI=1S/C13H14N4O2/c1-16-7-9(6-14)12(15-16)8-3-4-10-11(5-8)19-13(18)17(10)2/h3-5,7H,6,14H2,1-2H3. The Morgan fingerprint density at radius 3 is 2.89 bits per heavy atom. The lowest BCUT2D eigenvalue weighted by Crippen LogP contribution is -2.08. The number of hydrogen-bond acceptors (Lipinski definition) is 4. The predicted octanol–water partition coefficient (Wildman–Crippen LogP) is 0.991. The van der Waals surface area contributed by atoms with Crippen molar-refractivity contribution in [2.75, 3.05) is 0 Å². The fourth-order valence-corrected chi connectivity index (χ4v) is 2.21. The molecule has 0 saturated heterocycles. The highest BCUT2D eigenvalue weighted by atomic mass is 16.4. The van der Waals surface area contributed by atoms with Crippen LogP contribution in [0, 0.1) is 0 Å². The van der Waals surface area contributed by atoms with Crippen LogP contribution in [-0.4, -0.2) is 14.3 Å². The minimum Gasteiger partial charge on any atom is -0.408 e. The second kappa shape index (κ2) is 4.10. The highest BCUT2D eigenvalue weighted by Gasteiger charge is 2.12. The number of aromatic nitrogens is 3. The molecule has 0 aliphatic heterocycles. The van der Waals surface area contributed by atoms with Crippen molar-refractivity contribution in [3.63, 3.8) is 0 Å². The molecule has 2 N–H and O–H groups in total. The van der Waals surface area contributed by atoms with Gasteiger partial charge in [0, 0.05) is 38.0 Å². The van der Waals surface area contributed by atoms with E-state index in [4.69, 9.17) is 10.2 Å². The van der Waals surface area contributed by atoms with E-state index in [1.165, 1.54) is 4.57 Å². The maximum atomic E-state index is 11.5. The Morgan fingerprint density at radius 1 is 1.37 bits per heavy atom. The second-order valence-electron chi connectivity index (χ2n) is 4.49. The van der Waals surface area contributed by atoms with Crippen LogP contribution in [-0.2, 0) is 20.6 Å². The van der Waals surface area contributed by atoms with Gasteiger partial charge < -0.3 is 10.2 Å². The second-order valence-corrected chi connectivity index (χ2v) is 4.49. The zero-order chi connectivity index (χ0) is 13.6. The fourth-order valence-electron chi connectivity index (χ4n) is 2.21. The SMILES string of the molecule is Cn1cc(CN)c(-c2ccc3c(c2)oc(=O)n3C)n1. The summed E-state index contributed by atoms with van der Waals surface area (Å²) >= 11 is 0. The summed E-state index contributed by atoms with van der Waals surface area (Å²) in [5, 5.41) is 4.40. The number of nitrogens with two attached hydrogens (primary N) is 1. The quantitative estimate of drug-likeness (QED) is 0.743. The molecule has 0 saturated carbocycles. The van der Waals surface area contributed by atoms with Crippen molar-refractivity contribution in [2.24, 2.45) is 19.8 Å². The first-order valence-corrected chi connectivity index (χ1v) is 5.92. The summed E-state index contributed by atoms with van der Waals surface area (Å²) in [5.41, 5.74) is 9.70. The molecular weight excluding hydrogens is 244 g/mol. The molecule has 1 aromatic carbocycles. The molecule has 6 heteroatoms. The molecule has 2 heterocycles. The van der Waals surface area contributed by atoms with E-state index in [-0.39, 0.29) is 5.76 Å². The number of fused-ring (bicyclic) bond motifs is 1. The molecule has 0 fully saturated rings. The van der Waals surface area contributed by atoms with Gasteiger partial charge in [0.25, 0.3) is 0 Å². The van der Waals surface area contributed by atoms with Gasteiger partial charge in [0.2, 0.25) is 0 Å². The van der Waals surface area contributed by atoms with Crippen LogP contribution < -0.4 is 11.5 Å². The average Bonchev–Trinajstić information content (AvgIpc) is 2.91. The van der Waals surface area contributed by atoms with E-state index >= 15 is 0 Å². The Bertz CT molecular complexity index is 810. The predicted molar refractivity (Wildman–Crippen MR) is 71.5 cm³/mol. The Balaban J connectivity index is 2.23. The third-order valence-corrected chi connectivity index (χ3v) is 3.19. The molecule has 0 aliphatic rings. The molecule has 0 amide bonds. The zero-order valence-electron chi connectivity index (χ0n) is 10.8. The van der Waals surface area contributed by atoms with Crippen molar-refractivity contribution in [3.8, 4) is 11.3 Å². The van der Waals surface area contributed by atoms with Gasteiger partial charge >= 0.3 is 5.76 Å². The summed E-state index contributed by atoms with van der Waals surface area (Å²) in [6.07, 6.45) is 1.89. The molecule has 0 unspecified atom stereocenters. The molecule has 0 spiro atoms. The van der Waals surface area contributed by atoms with E-state index < -0.39 is 0 Å². The lowest BCUT2D eigenvalue weighted by molar-refractivity contribution is 0.528. The van der Waals surface area contributed by atoms with Crippen LogP contribution in [0.4, 0.5) is 0 Å². The minimum atomic E-state index is -0.368. The van der Waals surface area contributed by atoms with Crippen LogP contribution in [0.2, 0.25) is 0 Å². The summed E-state index contributed by atoms with van der Waals surface area (Å²) in [6, 6.07) is 5.58. The highest BCUT2D eigenvalue weighted by molar-refractivity contribution is 5.80. The lowest BCUT2D eigenvalue weighted by atomic mass is 10.1. The molecule has 0 bridgehead atoms. The minimum absolute atomic E-state index is 0.368. The van der Waals surface area contributed by atoms with Gasteiger partial charge in [-0.3, -0.25) is 9.25 Å². The molecule has 0 aliphatic carbocycles. The summed E-state index contributed by atoms with van der Waals surface area (Å²) < 4.78 is 8.38. The van der Waals surface area contributed by atoms with Crippen LogP contribution in [0.15, 0.2) is 33.6 Å². The van der Waals surface area contributed by atoms with E-state index in [0.717, 1.165) is 22.3 Å². The molecule has 3 aromatic rings. The van der Waals surface area contributed by atoms with Gasteiger partial charge in [-0.2, -0.15) is 5.10 Å². The Kier molecular flexibility index (Phi) is 2.53. The topological polar surface area (TPSA) is 79.0 Å². The fraction of sp³-hybridized carbons (Fsp3) is 0.231. The number of hydrogen-bond donors (Lipinski definition) is 1.